The molecule has 0 saturated carbocycles. The van der Waals surface area contributed by atoms with E-state index < -0.39 is 0 Å². The van der Waals surface area contributed by atoms with Gasteiger partial charge in [0.25, 0.3) is 0 Å². The van der Waals surface area contributed by atoms with E-state index in [-0.39, 0.29) is 18.5 Å². The number of nitrogens with zero attached hydrogens (tertiary/aromatic N) is 1. The van der Waals surface area contributed by atoms with Crippen LogP contribution in [0.25, 0.3) is 0 Å². The normalized spacial score (nSPS) is 16.7. The lowest BCUT2D eigenvalue weighted by atomic mass is 10.4. The topological polar surface area (TPSA) is 61.4 Å². The Morgan fingerprint density at radius 3 is 3.08 bits per heavy atom. The Kier molecular flexibility index (Phi) is 3.54. The summed E-state index contributed by atoms with van der Waals surface area (Å²) in [5.41, 5.74) is 0. The first-order valence-electron chi connectivity index (χ1n) is 4.53. The van der Waals surface area contributed by atoms with Gasteiger partial charge in [0, 0.05) is 19.6 Å². The zero-order chi connectivity index (χ0) is 9.68. The highest BCUT2D eigenvalue weighted by Crippen LogP contribution is 1.93. The Bertz CT molecular complexity index is 206. The van der Waals surface area contributed by atoms with Crippen molar-refractivity contribution in [3.63, 3.8) is 0 Å². The van der Waals surface area contributed by atoms with E-state index in [1.165, 1.54) is 4.90 Å². The number of hydrogen-bond donors (Lipinski definition) is 2. The lowest BCUT2D eigenvalue weighted by Crippen LogP contribution is -2.53. The van der Waals surface area contributed by atoms with E-state index in [0.29, 0.717) is 19.6 Å². The molecule has 74 valence electrons. The molecule has 0 unspecified atom stereocenters. The van der Waals surface area contributed by atoms with Gasteiger partial charge in [-0.25, -0.2) is 4.79 Å². The van der Waals surface area contributed by atoms with Crippen molar-refractivity contribution in [3.8, 4) is 0 Å². The number of amides is 3. The highest BCUT2D eigenvalue weighted by atomic mass is 16.2. The summed E-state index contributed by atoms with van der Waals surface area (Å²) in [6.45, 7) is 3.98. The highest BCUT2D eigenvalue weighted by Gasteiger charge is 2.19. The minimum atomic E-state index is -0.142. The average Bonchev–Trinajstić information content (AvgIpc) is 2.14. The van der Waals surface area contributed by atoms with Crippen LogP contribution in [0.2, 0.25) is 0 Å². The van der Waals surface area contributed by atoms with Crippen molar-refractivity contribution in [3.05, 3.63) is 0 Å². The fourth-order valence-electron chi connectivity index (χ4n) is 1.16. The molecule has 5 nitrogen and oxygen atoms in total. The second-order valence-corrected chi connectivity index (χ2v) is 3.00. The maximum absolute atomic E-state index is 11.3. The van der Waals surface area contributed by atoms with Crippen LogP contribution >= 0.6 is 0 Å². The van der Waals surface area contributed by atoms with Crippen LogP contribution in [-0.4, -0.2) is 43.0 Å². The molecule has 1 aliphatic rings. The van der Waals surface area contributed by atoms with Crippen LogP contribution in [0.3, 0.4) is 0 Å². The summed E-state index contributed by atoms with van der Waals surface area (Å²) in [5, 5.41) is 5.39. The first kappa shape index (κ1) is 9.83. The molecule has 0 bridgehead atoms. The molecular weight excluding hydrogens is 170 g/mol. The maximum atomic E-state index is 11.3. The van der Waals surface area contributed by atoms with E-state index in [1.807, 2.05) is 6.92 Å². The van der Waals surface area contributed by atoms with E-state index >= 15 is 0 Å². The van der Waals surface area contributed by atoms with E-state index in [0.717, 1.165) is 6.42 Å². The van der Waals surface area contributed by atoms with Crippen molar-refractivity contribution in [2.24, 2.45) is 0 Å². The summed E-state index contributed by atoms with van der Waals surface area (Å²) in [4.78, 5) is 23.8. The predicted molar refractivity (Wildman–Crippen MR) is 48.3 cm³/mol. The number of nitrogens with one attached hydrogen (secondary N) is 2. The minimum Gasteiger partial charge on any atom is -0.353 e. The number of piperazine rings is 1. The Morgan fingerprint density at radius 2 is 2.46 bits per heavy atom. The third-order valence-corrected chi connectivity index (χ3v) is 1.85. The van der Waals surface area contributed by atoms with Crippen molar-refractivity contribution in [1.82, 2.24) is 15.5 Å². The molecule has 1 aliphatic heterocycles. The first-order chi connectivity index (χ1) is 6.24. The summed E-state index contributed by atoms with van der Waals surface area (Å²) in [7, 11) is 0. The third kappa shape index (κ3) is 2.93. The average molecular weight is 185 g/mol. The van der Waals surface area contributed by atoms with Crippen LogP contribution in [0, 0.1) is 0 Å². The summed E-state index contributed by atoms with van der Waals surface area (Å²) in [6, 6.07) is -0.142. The summed E-state index contributed by atoms with van der Waals surface area (Å²) in [6.07, 6.45) is 0.909. The Hall–Kier alpha value is -1.26. The van der Waals surface area contributed by atoms with Gasteiger partial charge in [0.15, 0.2) is 0 Å². The molecule has 0 aromatic rings. The molecule has 3 amide bonds. The molecule has 0 aliphatic carbocycles. The number of hydrogen-bond acceptors (Lipinski definition) is 2. The monoisotopic (exact) mass is 185 g/mol. The zero-order valence-corrected chi connectivity index (χ0v) is 7.80. The smallest absolute Gasteiger partial charge is 0.317 e. The number of rotatable bonds is 2. The van der Waals surface area contributed by atoms with Crippen LogP contribution in [0.15, 0.2) is 0 Å². The SMILES string of the molecule is CCCNC(=O)N1CCNC(=O)C1. The van der Waals surface area contributed by atoms with E-state index in [2.05, 4.69) is 10.6 Å². The Balaban J connectivity index is 2.32. The molecule has 0 atom stereocenters. The molecule has 0 spiro atoms. The molecule has 0 aromatic carbocycles. The van der Waals surface area contributed by atoms with Crippen LogP contribution in [-0.2, 0) is 4.79 Å². The number of carbonyl (C=O) groups excluding carboxylic acids is 2. The lowest BCUT2D eigenvalue weighted by molar-refractivity contribution is -0.123. The fourth-order valence-corrected chi connectivity index (χ4v) is 1.16. The third-order valence-electron chi connectivity index (χ3n) is 1.85. The van der Waals surface area contributed by atoms with E-state index in [1.54, 1.807) is 0 Å². The van der Waals surface area contributed by atoms with Gasteiger partial charge < -0.3 is 15.5 Å². The van der Waals surface area contributed by atoms with Crippen LogP contribution in [0.5, 0.6) is 0 Å². The molecule has 5 heteroatoms. The van der Waals surface area contributed by atoms with E-state index in [9.17, 15) is 9.59 Å². The van der Waals surface area contributed by atoms with Gasteiger partial charge in [0.05, 0.1) is 0 Å². The number of carbonyl (C=O) groups is 2. The standard InChI is InChI=1S/C8H15N3O2/c1-2-3-10-8(13)11-5-4-9-7(12)6-11/h2-6H2,1H3,(H,9,12)(H,10,13). The molecular formula is C8H15N3O2. The maximum Gasteiger partial charge on any atom is 0.317 e. The summed E-state index contributed by atoms with van der Waals surface area (Å²) >= 11 is 0. The van der Waals surface area contributed by atoms with E-state index in [4.69, 9.17) is 0 Å². The summed E-state index contributed by atoms with van der Waals surface area (Å²) in [5.74, 6) is -0.0853. The molecule has 13 heavy (non-hydrogen) atoms. The molecule has 0 aromatic heterocycles. The van der Waals surface area contributed by atoms with Crippen molar-refractivity contribution >= 4 is 11.9 Å². The minimum absolute atomic E-state index is 0.0853. The Morgan fingerprint density at radius 1 is 1.69 bits per heavy atom. The van der Waals surface area contributed by atoms with Gasteiger partial charge in [-0.1, -0.05) is 6.92 Å². The second-order valence-electron chi connectivity index (χ2n) is 3.00. The van der Waals surface area contributed by atoms with Crippen molar-refractivity contribution in [2.75, 3.05) is 26.2 Å². The van der Waals surface area contributed by atoms with Crippen molar-refractivity contribution in [1.29, 1.82) is 0 Å². The van der Waals surface area contributed by atoms with Gasteiger partial charge in [-0.05, 0) is 6.42 Å². The second kappa shape index (κ2) is 4.69. The Labute approximate surface area is 77.5 Å². The first-order valence-corrected chi connectivity index (χ1v) is 4.53. The molecule has 1 fully saturated rings. The molecule has 2 N–H and O–H groups in total. The highest BCUT2D eigenvalue weighted by molar-refractivity contribution is 5.85. The van der Waals surface area contributed by atoms with Crippen molar-refractivity contribution < 1.29 is 9.59 Å². The van der Waals surface area contributed by atoms with Crippen LogP contribution in [0.4, 0.5) is 4.79 Å². The zero-order valence-electron chi connectivity index (χ0n) is 7.80. The summed E-state index contributed by atoms with van der Waals surface area (Å²) < 4.78 is 0. The van der Waals surface area contributed by atoms with Gasteiger partial charge in [0.2, 0.25) is 5.91 Å². The largest absolute Gasteiger partial charge is 0.353 e. The molecule has 1 rings (SSSR count). The van der Waals surface area contributed by atoms with Gasteiger partial charge in [-0.3, -0.25) is 4.79 Å². The van der Waals surface area contributed by atoms with Gasteiger partial charge >= 0.3 is 6.03 Å². The van der Waals surface area contributed by atoms with Crippen LogP contribution < -0.4 is 10.6 Å². The predicted octanol–water partition coefficient (Wildman–Crippen LogP) is -0.462. The fraction of sp³-hybridized carbons (Fsp3) is 0.750. The van der Waals surface area contributed by atoms with Gasteiger partial charge in [0.1, 0.15) is 6.54 Å². The lowest BCUT2D eigenvalue weighted by Gasteiger charge is -2.26. The molecule has 0 radical (unpaired) electrons. The van der Waals surface area contributed by atoms with Crippen molar-refractivity contribution in [2.45, 2.75) is 13.3 Å². The van der Waals surface area contributed by atoms with Crippen LogP contribution in [0.1, 0.15) is 13.3 Å². The van der Waals surface area contributed by atoms with Gasteiger partial charge in [-0.15, -0.1) is 0 Å². The quantitative estimate of drug-likeness (QED) is 0.611. The van der Waals surface area contributed by atoms with Gasteiger partial charge in [-0.2, -0.15) is 0 Å². The molecule has 1 saturated heterocycles. The number of urea groups is 1. The molecule has 1 heterocycles.